The molecule has 4 rings (SSSR count). The van der Waals surface area contributed by atoms with Crippen LogP contribution in [-0.2, 0) is 9.47 Å². The minimum atomic E-state index is -0.340. The molecule has 9 heteroatoms. The van der Waals surface area contributed by atoms with Gasteiger partial charge in [-0.15, -0.1) is 0 Å². The zero-order valence-corrected chi connectivity index (χ0v) is 16.4. The zero-order valence-electron chi connectivity index (χ0n) is 16.4. The van der Waals surface area contributed by atoms with Gasteiger partial charge in [-0.1, -0.05) is 0 Å². The Morgan fingerprint density at radius 3 is 1.79 bits per heavy atom. The predicted octanol–water partition coefficient (Wildman–Crippen LogP) is 1.09. The lowest BCUT2D eigenvalue weighted by Crippen LogP contribution is -2.37. The van der Waals surface area contributed by atoms with Crippen LogP contribution in [0.15, 0.2) is 11.8 Å². The Bertz CT molecular complexity index is 855. The molecule has 3 aliphatic rings. The van der Waals surface area contributed by atoms with E-state index in [4.69, 9.17) is 28.4 Å². The molecule has 0 spiro atoms. The Hall–Kier alpha value is -2.78. The summed E-state index contributed by atoms with van der Waals surface area (Å²) < 4.78 is 33.2. The number of allylic oxidation sites excluding steroid dienone is 2. The van der Waals surface area contributed by atoms with Crippen molar-refractivity contribution in [3.8, 4) is 23.0 Å². The van der Waals surface area contributed by atoms with Gasteiger partial charge in [0, 0.05) is 33.4 Å². The number of Topliss-reactive ketones (excluding diaryl/α,β-unsaturated/α-hetero) is 1. The number of hydrogen-bond acceptors (Lipinski definition) is 9. The zero-order chi connectivity index (χ0) is 20.4. The molecule has 29 heavy (non-hydrogen) atoms. The third-order valence-electron chi connectivity index (χ3n) is 4.92. The third-order valence-corrected chi connectivity index (χ3v) is 4.92. The van der Waals surface area contributed by atoms with Crippen LogP contribution >= 0.6 is 0 Å². The maximum absolute atomic E-state index is 13.5. The molecule has 0 fully saturated rings. The van der Waals surface area contributed by atoms with Crippen molar-refractivity contribution in [1.82, 2.24) is 4.90 Å². The van der Waals surface area contributed by atoms with Crippen molar-refractivity contribution in [3.05, 3.63) is 22.9 Å². The van der Waals surface area contributed by atoms with Gasteiger partial charge in [0.1, 0.15) is 26.4 Å². The molecule has 0 aromatic heterocycles. The van der Waals surface area contributed by atoms with Gasteiger partial charge in [-0.05, 0) is 0 Å². The summed E-state index contributed by atoms with van der Waals surface area (Å²) in [5.74, 6) is 0.437. The molecule has 0 radical (unpaired) electrons. The lowest BCUT2D eigenvalue weighted by Gasteiger charge is -2.33. The lowest BCUT2D eigenvalue weighted by atomic mass is 9.89. The van der Waals surface area contributed by atoms with E-state index in [1.165, 1.54) is 6.08 Å². The molecule has 1 aromatic rings. The topological polar surface area (TPSA) is 92.8 Å². The van der Waals surface area contributed by atoms with Crippen LogP contribution in [0.1, 0.15) is 20.7 Å². The maximum atomic E-state index is 13.5. The van der Waals surface area contributed by atoms with Gasteiger partial charge in [-0.3, -0.25) is 9.59 Å². The first-order valence-corrected chi connectivity index (χ1v) is 9.46. The molecule has 156 valence electrons. The molecule has 0 N–H and O–H groups in total. The molecular formula is C20H23NO8. The largest absolute Gasteiger partial charge is 0.485 e. The van der Waals surface area contributed by atoms with Gasteiger partial charge in [-0.25, -0.2) is 0 Å². The Labute approximate surface area is 168 Å². The normalized spacial score (nSPS) is 17.0. The van der Waals surface area contributed by atoms with Crippen molar-refractivity contribution in [1.29, 1.82) is 0 Å². The van der Waals surface area contributed by atoms with E-state index in [0.29, 0.717) is 51.0 Å². The summed E-state index contributed by atoms with van der Waals surface area (Å²) in [6.07, 6.45) is 1.34. The highest BCUT2D eigenvalue weighted by Gasteiger charge is 2.41. The Kier molecular flexibility index (Phi) is 5.59. The number of methoxy groups -OCH3 is 2. The second-order valence-corrected chi connectivity index (χ2v) is 6.66. The summed E-state index contributed by atoms with van der Waals surface area (Å²) in [5, 5.41) is 0. The number of carbonyl (C=O) groups excluding carboxylic acids is 2. The first-order valence-electron chi connectivity index (χ1n) is 9.46. The van der Waals surface area contributed by atoms with Crippen LogP contribution in [0.4, 0.5) is 0 Å². The van der Waals surface area contributed by atoms with E-state index < -0.39 is 0 Å². The SMILES string of the molecule is COCCN(CCOC)C1=CC(=O)c2c3c(c4c(c2C1=O)OCCO4)OCCO3. The molecule has 9 nitrogen and oxygen atoms in total. The Morgan fingerprint density at radius 2 is 1.28 bits per heavy atom. The van der Waals surface area contributed by atoms with Crippen molar-refractivity contribution in [2.45, 2.75) is 0 Å². The van der Waals surface area contributed by atoms with E-state index in [0.717, 1.165) is 0 Å². The fraction of sp³-hybridized carbons (Fsp3) is 0.500. The summed E-state index contributed by atoms with van der Waals surface area (Å²) in [5.41, 5.74) is 0.590. The minimum Gasteiger partial charge on any atom is -0.485 e. The number of fused-ring (bicyclic) bond motifs is 6. The van der Waals surface area contributed by atoms with Gasteiger partial charge >= 0.3 is 0 Å². The summed E-state index contributed by atoms with van der Waals surface area (Å²) >= 11 is 0. The Balaban J connectivity index is 1.82. The maximum Gasteiger partial charge on any atom is 0.213 e. The van der Waals surface area contributed by atoms with Gasteiger partial charge in [0.25, 0.3) is 0 Å². The van der Waals surface area contributed by atoms with Gasteiger partial charge in [0.2, 0.25) is 17.3 Å². The smallest absolute Gasteiger partial charge is 0.213 e. The molecule has 2 aliphatic heterocycles. The van der Waals surface area contributed by atoms with Crippen molar-refractivity contribution in [2.24, 2.45) is 0 Å². The second-order valence-electron chi connectivity index (χ2n) is 6.66. The molecule has 2 heterocycles. The van der Waals surface area contributed by atoms with Gasteiger partial charge in [0.05, 0.1) is 30.0 Å². The molecule has 1 aliphatic carbocycles. The first-order chi connectivity index (χ1) is 14.2. The van der Waals surface area contributed by atoms with Crippen LogP contribution in [0.2, 0.25) is 0 Å². The summed E-state index contributed by atoms with van der Waals surface area (Å²) in [7, 11) is 3.16. The molecule has 0 atom stereocenters. The molecule has 0 bridgehead atoms. The van der Waals surface area contributed by atoms with E-state index >= 15 is 0 Å². The highest BCUT2D eigenvalue weighted by atomic mass is 16.6. The van der Waals surface area contributed by atoms with Gasteiger partial charge in [-0.2, -0.15) is 0 Å². The molecule has 0 unspecified atom stereocenters. The van der Waals surface area contributed by atoms with Crippen molar-refractivity contribution < 1.29 is 38.0 Å². The van der Waals surface area contributed by atoms with Gasteiger partial charge < -0.3 is 33.3 Å². The molecule has 0 amide bonds. The molecule has 1 aromatic carbocycles. The van der Waals surface area contributed by atoms with Crippen LogP contribution < -0.4 is 18.9 Å². The van der Waals surface area contributed by atoms with Crippen LogP contribution in [0, 0.1) is 0 Å². The van der Waals surface area contributed by atoms with E-state index in [1.54, 1.807) is 19.1 Å². The van der Waals surface area contributed by atoms with Crippen LogP contribution in [0.25, 0.3) is 0 Å². The molecular weight excluding hydrogens is 382 g/mol. The van der Waals surface area contributed by atoms with Crippen LogP contribution in [0.3, 0.4) is 0 Å². The second kappa shape index (κ2) is 8.30. The van der Waals surface area contributed by atoms with Crippen molar-refractivity contribution >= 4 is 11.6 Å². The number of hydrogen-bond donors (Lipinski definition) is 0. The highest BCUT2D eigenvalue weighted by Crippen LogP contribution is 2.53. The standard InChI is InChI=1S/C20H23NO8/c1-24-5-3-21(4-6-25-2)12-11-13(22)14-15(16(12)23)18-20(29-10-8-27-18)19-17(14)26-7-9-28-19/h11H,3-10H2,1-2H3. The summed E-state index contributed by atoms with van der Waals surface area (Å²) in [6, 6.07) is 0. The molecule has 0 saturated heterocycles. The Morgan fingerprint density at radius 1 is 0.793 bits per heavy atom. The monoisotopic (exact) mass is 405 g/mol. The fourth-order valence-corrected chi connectivity index (χ4v) is 3.61. The third kappa shape index (κ3) is 3.40. The van der Waals surface area contributed by atoms with Crippen molar-refractivity contribution in [2.75, 3.05) is 67.0 Å². The van der Waals surface area contributed by atoms with E-state index in [9.17, 15) is 9.59 Å². The number of nitrogens with zero attached hydrogens (tertiary/aromatic N) is 1. The van der Waals surface area contributed by atoms with Crippen LogP contribution in [0.5, 0.6) is 23.0 Å². The minimum absolute atomic E-state index is 0.159. The van der Waals surface area contributed by atoms with Gasteiger partial charge in [0.15, 0.2) is 17.3 Å². The van der Waals surface area contributed by atoms with Crippen molar-refractivity contribution in [3.63, 3.8) is 0 Å². The average Bonchev–Trinajstić information content (AvgIpc) is 2.76. The van der Waals surface area contributed by atoms with E-state index in [2.05, 4.69) is 0 Å². The quantitative estimate of drug-likeness (QED) is 0.661. The number of rotatable bonds is 7. The fourth-order valence-electron chi connectivity index (χ4n) is 3.61. The highest BCUT2D eigenvalue weighted by molar-refractivity contribution is 6.27. The van der Waals surface area contributed by atoms with E-state index in [-0.39, 0.29) is 53.1 Å². The number of benzene rings is 1. The first kappa shape index (κ1) is 19.5. The number of carbonyl (C=O) groups is 2. The predicted molar refractivity (Wildman–Crippen MR) is 100 cm³/mol. The summed E-state index contributed by atoms with van der Waals surface area (Å²) in [6.45, 7) is 2.87. The average molecular weight is 405 g/mol. The number of ketones is 2. The number of ether oxygens (including phenoxy) is 6. The lowest BCUT2D eigenvalue weighted by molar-refractivity contribution is 0.0881. The van der Waals surface area contributed by atoms with Crippen LogP contribution in [-0.4, -0.2) is 83.4 Å². The summed E-state index contributed by atoms with van der Waals surface area (Å²) in [4.78, 5) is 28.4. The molecule has 0 saturated carbocycles. The van der Waals surface area contributed by atoms with E-state index in [1.807, 2.05) is 0 Å².